The first-order valence-electron chi connectivity index (χ1n) is 9.15. The molecular weight excluding hydrogens is 333 g/mol. The van der Waals surface area contributed by atoms with Gasteiger partial charge in [-0.3, -0.25) is 9.59 Å². The Bertz CT molecular complexity index is 830. The van der Waals surface area contributed by atoms with E-state index in [-0.39, 0.29) is 29.7 Å². The third kappa shape index (κ3) is 4.77. The smallest absolute Gasteiger partial charge is 0.267 e. The summed E-state index contributed by atoms with van der Waals surface area (Å²) in [6, 6.07) is 7.34. The second-order valence-electron chi connectivity index (χ2n) is 6.97. The lowest BCUT2D eigenvalue weighted by atomic mass is 10.1. The number of nitrogens with one attached hydrogen (secondary N) is 1. The predicted molar refractivity (Wildman–Crippen MR) is 97.5 cm³/mol. The van der Waals surface area contributed by atoms with Gasteiger partial charge in [0, 0.05) is 12.1 Å². The van der Waals surface area contributed by atoms with E-state index in [0.29, 0.717) is 6.54 Å². The van der Waals surface area contributed by atoms with Crippen LogP contribution in [0.4, 0.5) is 4.39 Å². The Labute approximate surface area is 152 Å². The predicted octanol–water partition coefficient (Wildman–Crippen LogP) is 2.40. The van der Waals surface area contributed by atoms with E-state index in [9.17, 15) is 14.0 Å². The molecule has 0 unspecified atom stereocenters. The quantitative estimate of drug-likeness (QED) is 0.836. The maximum Gasteiger partial charge on any atom is 0.267 e. The number of carbonyl (C=O) groups excluding carboxylic acids is 1. The van der Waals surface area contributed by atoms with Crippen LogP contribution in [0.2, 0.25) is 0 Å². The monoisotopic (exact) mass is 357 g/mol. The molecule has 0 saturated heterocycles. The Balaban J connectivity index is 1.61. The molecule has 0 radical (unpaired) electrons. The van der Waals surface area contributed by atoms with E-state index >= 15 is 0 Å². The summed E-state index contributed by atoms with van der Waals surface area (Å²) in [4.78, 5) is 24.4. The number of aryl methyl sites for hydroxylation is 2. The number of rotatable bonds is 5. The summed E-state index contributed by atoms with van der Waals surface area (Å²) in [6.07, 6.45) is 5.37. The van der Waals surface area contributed by atoms with Crippen molar-refractivity contribution in [1.29, 1.82) is 0 Å². The van der Waals surface area contributed by atoms with Gasteiger partial charge in [0.1, 0.15) is 5.82 Å². The Morgan fingerprint density at radius 2 is 1.96 bits per heavy atom. The van der Waals surface area contributed by atoms with Crippen LogP contribution in [0.1, 0.15) is 43.0 Å². The number of halogens is 1. The van der Waals surface area contributed by atoms with Gasteiger partial charge in [0.15, 0.2) is 0 Å². The molecule has 1 atom stereocenters. The second kappa shape index (κ2) is 8.25. The minimum absolute atomic E-state index is 0.120. The molecule has 1 N–H and O–H groups in total. The Hall–Kier alpha value is -2.50. The largest absolute Gasteiger partial charge is 0.351 e. The average Bonchev–Trinajstić information content (AvgIpc) is 2.82. The normalized spacial score (nSPS) is 15.0. The summed E-state index contributed by atoms with van der Waals surface area (Å²) < 4.78 is 14.4. The van der Waals surface area contributed by atoms with Gasteiger partial charge in [0.05, 0.1) is 18.7 Å². The van der Waals surface area contributed by atoms with Crippen molar-refractivity contribution in [3.8, 4) is 0 Å². The second-order valence-corrected chi connectivity index (χ2v) is 6.97. The van der Waals surface area contributed by atoms with Crippen LogP contribution in [0.15, 0.2) is 35.1 Å². The van der Waals surface area contributed by atoms with Gasteiger partial charge in [-0.15, -0.1) is 0 Å². The van der Waals surface area contributed by atoms with Crippen LogP contribution in [0.25, 0.3) is 0 Å². The molecule has 1 aromatic carbocycles. The Kier molecular flexibility index (Phi) is 5.81. The number of fused-ring (bicyclic) bond motifs is 1. The lowest BCUT2D eigenvalue weighted by molar-refractivity contribution is -0.121. The van der Waals surface area contributed by atoms with Gasteiger partial charge in [-0.1, -0.05) is 18.6 Å². The number of hydrogen-bond acceptors (Lipinski definition) is 3. The van der Waals surface area contributed by atoms with Crippen LogP contribution >= 0.6 is 0 Å². The molecule has 1 heterocycles. The van der Waals surface area contributed by atoms with Crippen LogP contribution in [-0.2, 0) is 30.6 Å². The van der Waals surface area contributed by atoms with Gasteiger partial charge in [-0.2, -0.15) is 5.10 Å². The van der Waals surface area contributed by atoms with E-state index < -0.39 is 0 Å². The van der Waals surface area contributed by atoms with Crippen molar-refractivity contribution in [3.63, 3.8) is 0 Å². The fourth-order valence-electron chi connectivity index (χ4n) is 3.33. The molecule has 1 aliphatic carbocycles. The summed E-state index contributed by atoms with van der Waals surface area (Å²) in [5, 5.41) is 7.40. The molecule has 6 heteroatoms. The zero-order valence-corrected chi connectivity index (χ0v) is 15.0. The van der Waals surface area contributed by atoms with Crippen LogP contribution in [0.3, 0.4) is 0 Å². The van der Waals surface area contributed by atoms with Crippen LogP contribution < -0.4 is 10.9 Å². The molecular formula is C20H24FN3O2. The van der Waals surface area contributed by atoms with Crippen molar-refractivity contribution in [2.24, 2.45) is 0 Å². The maximum absolute atomic E-state index is 12.9. The lowest BCUT2D eigenvalue weighted by Gasteiger charge is -2.16. The third-order valence-corrected chi connectivity index (χ3v) is 4.66. The van der Waals surface area contributed by atoms with Gasteiger partial charge < -0.3 is 5.32 Å². The van der Waals surface area contributed by atoms with E-state index in [4.69, 9.17) is 0 Å². The highest BCUT2D eigenvalue weighted by Gasteiger charge is 2.15. The number of benzene rings is 1. The highest BCUT2D eigenvalue weighted by atomic mass is 19.1. The molecule has 1 amide bonds. The lowest BCUT2D eigenvalue weighted by Crippen LogP contribution is -2.40. The van der Waals surface area contributed by atoms with E-state index in [0.717, 1.165) is 42.5 Å². The topological polar surface area (TPSA) is 64.0 Å². The molecule has 0 aliphatic heterocycles. The molecule has 0 bridgehead atoms. The maximum atomic E-state index is 12.9. The minimum atomic E-state index is -0.323. The van der Waals surface area contributed by atoms with Crippen molar-refractivity contribution < 1.29 is 9.18 Å². The van der Waals surface area contributed by atoms with Gasteiger partial charge in [0.2, 0.25) is 5.91 Å². The van der Waals surface area contributed by atoms with E-state index in [1.165, 1.54) is 23.2 Å². The van der Waals surface area contributed by atoms with E-state index in [2.05, 4.69) is 10.4 Å². The first-order chi connectivity index (χ1) is 12.5. The summed E-state index contributed by atoms with van der Waals surface area (Å²) in [6.45, 7) is 2.18. The van der Waals surface area contributed by atoms with Crippen LogP contribution in [0.5, 0.6) is 0 Å². The number of nitrogens with zero attached hydrogens (tertiary/aromatic N) is 2. The fourth-order valence-corrected chi connectivity index (χ4v) is 3.33. The van der Waals surface area contributed by atoms with Gasteiger partial charge in [0.25, 0.3) is 5.56 Å². The first kappa shape index (κ1) is 18.3. The van der Waals surface area contributed by atoms with E-state index in [1.807, 2.05) is 6.92 Å². The van der Waals surface area contributed by atoms with Crippen molar-refractivity contribution in [1.82, 2.24) is 15.1 Å². The highest BCUT2D eigenvalue weighted by molar-refractivity contribution is 5.78. The number of aromatic nitrogens is 2. The van der Waals surface area contributed by atoms with Crippen LogP contribution in [0, 0.1) is 5.82 Å². The van der Waals surface area contributed by atoms with Gasteiger partial charge >= 0.3 is 0 Å². The summed E-state index contributed by atoms with van der Waals surface area (Å²) in [5.41, 5.74) is 2.70. The average molecular weight is 357 g/mol. The van der Waals surface area contributed by atoms with Crippen molar-refractivity contribution in [3.05, 3.63) is 63.3 Å². The SMILES string of the molecule is C[C@@H](Cn1nc2c(cc1=O)CCCCC2)NC(=O)Cc1ccc(F)cc1. The molecule has 1 aliphatic rings. The Morgan fingerprint density at radius 3 is 2.73 bits per heavy atom. The molecule has 0 saturated carbocycles. The molecule has 1 aromatic heterocycles. The van der Waals surface area contributed by atoms with Gasteiger partial charge in [-0.25, -0.2) is 9.07 Å². The summed E-state index contributed by atoms with van der Waals surface area (Å²) in [5.74, 6) is -0.483. The fraction of sp³-hybridized carbons (Fsp3) is 0.450. The summed E-state index contributed by atoms with van der Waals surface area (Å²) in [7, 11) is 0. The van der Waals surface area contributed by atoms with Crippen LogP contribution in [-0.4, -0.2) is 21.7 Å². The Morgan fingerprint density at radius 1 is 1.23 bits per heavy atom. The molecule has 26 heavy (non-hydrogen) atoms. The zero-order chi connectivity index (χ0) is 18.5. The molecule has 3 rings (SSSR count). The molecule has 0 spiro atoms. The first-order valence-corrected chi connectivity index (χ1v) is 9.15. The molecule has 138 valence electrons. The number of carbonyl (C=O) groups is 1. The van der Waals surface area contributed by atoms with Crippen molar-refractivity contribution in [2.75, 3.05) is 0 Å². The van der Waals surface area contributed by atoms with Crippen molar-refractivity contribution in [2.45, 2.75) is 58.0 Å². The van der Waals surface area contributed by atoms with Gasteiger partial charge in [-0.05, 0) is 55.9 Å². The zero-order valence-electron chi connectivity index (χ0n) is 15.0. The third-order valence-electron chi connectivity index (χ3n) is 4.66. The standard InChI is InChI=1S/C20H24FN3O2/c1-14(22-19(25)11-15-7-9-17(21)10-8-15)13-24-20(26)12-16-5-3-2-4-6-18(16)23-24/h7-10,12,14H,2-6,11,13H2,1H3,(H,22,25)/t14-/m0/s1. The minimum Gasteiger partial charge on any atom is -0.351 e. The molecule has 2 aromatic rings. The summed E-state index contributed by atoms with van der Waals surface area (Å²) >= 11 is 0. The molecule has 5 nitrogen and oxygen atoms in total. The highest BCUT2D eigenvalue weighted by Crippen LogP contribution is 2.16. The number of hydrogen-bond donors (Lipinski definition) is 1. The number of amides is 1. The molecule has 0 fully saturated rings. The van der Waals surface area contributed by atoms with E-state index in [1.54, 1.807) is 18.2 Å². The van der Waals surface area contributed by atoms with Crippen molar-refractivity contribution >= 4 is 5.91 Å².